The average molecular weight is 554 g/mol. The number of hydrogen-bond donors (Lipinski definition) is 1. The summed E-state index contributed by atoms with van der Waals surface area (Å²) in [7, 11) is 0. The van der Waals surface area contributed by atoms with Crippen LogP contribution in [0, 0.1) is 0 Å². The summed E-state index contributed by atoms with van der Waals surface area (Å²) >= 11 is 6.46. The Morgan fingerprint density at radius 1 is 1.02 bits per heavy atom. The lowest BCUT2D eigenvalue weighted by molar-refractivity contribution is -0.118. The number of anilines is 1. The fourth-order valence-corrected chi connectivity index (χ4v) is 5.81. The van der Waals surface area contributed by atoms with E-state index in [4.69, 9.17) is 16.6 Å². The molecule has 8 heteroatoms. The van der Waals surface area contributed by atoms with Gasteiger partial charge in [-0.25, -0.2) is 0 Å². The Hall–Kier alpha value is -3.94. The standard InChI is InChI=1S/C32H32ClN5O2/c33-28-12-6-2-8-24(28)22-38-29-19-25(21-35-31(29)27-11-5-1-7-23(27)20-30(38)39)32(40)34-13-14-36-15-17-37(18-16-36)26-9-3-4-10-26/h1-9,11-12,19,21H,10,13-18,20,22H2,(H,34,40). The van der Waals surface area contributed by atoms with E-state index in [-0.39, 0.29) is 18.2 Å². The van der Waals surface area contributed by atoms with Crippen molar-refractivity contribution in [3.05, 3.63) is 106 Å². The first-order valence-corrected chi connectivity index (χ1v) is 14.2. The van der Waals surface area contributed by atoms with E-state index in [0.29, 0.717) is 35.1 Å². The number of amides is 2. The maximum Gasteiger partial charge on any atom is 0.252 e. The summed E-state index contributed by atoms with van der Waals surface area (Å²) in [6, 6.07) is 17.1. The predicted octanol–water partition coefficient (Wildman–Crippen LogP) is 4.68. The molecule has 7 nitrogen and oxygen atoms in total. The van der Waals surface area contributed by atoms with Gasteiger partial charge in [-0.3, -0.25) is 19.5 Å². The molecule has 1 saturated heterocycles. The molecule has 0 spiro atoms. The number of halogens is 1. The summed E-state index contributed by atoms with van der Waals surface area (Å²) in [6.45, 7) is 5.61. The lowest BCUT2D eigenvalue weighted by atomic mass is 10.0. The van der Waals surface area contributed by atoms with Crippen LogP contribution in [-0.2, 0) is 17.8 Å². The molecule has 2 aromatic carbocycles. The molecule has 3 aromatic rings. The van der Waals surface area contributed by atoms with Gasteiger partial charge < -0.3 is 15.1 Å². The van der Waals surface area contributed by atoms with Crippen LogP contribution in [0.1, 0.15) is 27.9 Å². The molecule has 3 aliphatic rings. The third kappa shape index (κ3) is 5.53. The van der Waals surface area contributed by atoms with Gasteiger partial charge in [-0.1, -0.05) is 66.2 Å². The molecule has 2 aliphatic heterocycles. The number of rotatable bonds is 7. The summed E-state index contributed by atoms with van der Waals surface area (Å²) in [4.78, 5) is 38.0. The molecule has 204 valence electrons. The van der Waals surface area contributed by atoms with Crippen LogP contribution >= 0.6 is 11.6 Å². The van der Waals surface area contributed by atoms with Crippen LogP contribution in [0.4, 0.5) is 5.69 Å². The molecule has 2 amide bonds. The zero-order valence-corrected chi connectivity index (χ0v) is 23.1. The summed E-state index contributed by atoms with van der Waals surface area (Å²) in [5.74, 6) is -0.257. The van der Waals surface area contributed by atoms with Gasteiger partial charge in [0, 0.05) is 68.2 Å². The van der Waals surface area contributed by atoms with Crippen LogP contribution < -0.4 is 10.2 Å². The van der Waals surface area contributed by atoms with Crippen molar-refractivity contribution in [1.29, 1.82) is 0 Å². The van der Waals surface area contributed by atoms with Crippen LogP contribution in [0.2, 0.25) is 5.02 Å². The molecule has 0 unspecified atom stereocenters. The summed E-state index contributed by atoms with van der Waals surface area (Å²) in [5.41, 5.74) is 5.80. The largest absolute Gasteiger partial charge is 0.372 e. The number of benzene rings is 2. The molecular formula is C32H32ClN5O2. The van der Waals surface area contributed by atoms with E-state index in [1.54, 1.807) is 17.2 Å². The minimum absolute atomic E-state index is 0.0613. The van der Waals surface area contributed by atoms with E-state index >= 15 is 0 Å². The SMILES string of the molecule is O=C(NCCN1CCN(C2=CC=CC2)CC1)c1cnc2c(c1)N(Cc1ccccc1Cl)C(=O)Cc1ccccc1-2. The Labute approximate surface area is 239 Å². The van der Waals surface area contributed by atoms with E-state index in [9.17, 15) is 9.59 Å². The number of piperazine rings is 1. The third-order valence-electron chi connectivity index (χ3n) is 7.87. The van der Waals surface area contributed by atoms with Gasteiger partial charge in [0.05, 0.1) is 29.9 Å². The molecule has 1 aromatic heterocycles. The van der Waals surface area contributed by atoms with Crippen LogP contribution in [-0.4, -0.2) is 65.9 Å². The Balaban J connectivity index is 1.17. The second kappa shape index (κ2) is 11.7. The van der Waals surface area contributed by atoms with Gasteiger partial charge in [0.15, 0.2) is 0 Å². The topological polar surface area (TPSA) is 68.8 Å². The maximum absolute atomic E-state index is 13.5. The first kappa shape index (κ1) is 26.3. The summed E-state index contributed by atoms with van der Waals surface area (Å²) < 4.78 is 0. The van der Waals surface area contributed by atoms with Crippen molar-refractivity contribution in [2.75, 3.05) is 44.2 Å². The van der Waals surface area contributed by atoms with E-state index in [0.717, 1.165) is 55.8 Å². The van der Waals surface area contributed by atoms with Crippen LogP contribution in [0.5, 0.6) is 0 Å². The highest BCUT2D eigenvalue weighted by Gasteiger charge is 2.28. The molecule has 1 aliphatic carbocycles. The molecule has 0 bridgehead atoms. The minimum Gasteiger partial charge on any atom is -0.372 e. The molecule has 6 rings (SSSR count). The number of pyridine rings is 1. The number of hydrogen-bond acceptors (Lipinski definition) is 5. The Morgan fingerprint density at radius 3 is 2.62 bits per heavy atom. The van der Waals surface area contributed by atoms with Gasteiger partial charge in [0.25, 0.3) is 5.91 Å². The van der Waals surface area contributed by atoms with Crippen LogP contribution in [0.25, 0.3) is 11.3 Å². The van der Waals surface area contributed by atoms with E-state index in [1.165, 1.54) is 5.70 Å². The molecule has 0 atom stereocenters. The molecular weight excluding hydrogens is 522 g/mol. The van der Waals surface area contributed by atoms with Crippen molar-refractivity contribution in [3.63, 3.8) is 0 Å². The van der Waals surface area contributed by atoms with Crippen molar-refractivity contribution in [1.82, 2.24) is 20.1 Å². The Kier molecular flexibility index (Phi) is 7.66. The van der Waals surface area contributed by atoms with E-state index in [2.05, 4.69) is 33.3 Å². The first-order valence-electron chi connectivity index (χ1n) is 13.8. The Morgan fingerprint density at radius 2 is 1.82 bits per heavy atom. The molecule has 0 saturated carbocycles. The number of fused-ring (bicyclic) bond motifs is 3. The van der Waals surface area contributed by atoms with Crippen molar-refractivity contribution in [3.8, 4) is 11.3 Å². The maximum atomic E-state index is 13.5. The monoisotopic (exact) mass is 553 g/mol. The lowest BCUT2D eigenvalue weighted by Gasteiger charge is -2.36. The van der Waals surface area contributed by atoms with Gasteiger partial charge in [-0.2, -0.15) is 0 Å². The molecule has 0 radical (unpaired) electrons. The second-order valence-corrected chi connectivity index (χ2v) is 10.8. The highest BCUT2D eigenvalue weighted by Crippen LogP contribution is 2.37. The lowest BCUT2D eigenvalue weighted by Crippen LogP contribution is -2.47. The number of allylic oxidation sites excluding steroid dienone is 3. The van der Waals surface area contributed by atoms with Crippen molar-refractivity contribution in [2.45, 2.75) is 19.4 Å². The highest BCUT2D eigenvalue weighted by atomic mass is 35.5. The van der Waals surface area contributed by atoms with Crippen molar-refractivity contribution >= 4 is 29.1 Å². The molecule has 3 heterocycles. The predicted molar refractivity (Wildman–Crippen MR) is 158 cm³/mol. The third-order valence-corrected chi connectivity index (χ3v) is 8.23. The summed E-state index contributed by atoms with van der Waals surface area (Å²) in [6.07, 6.45) is 9.40. The van der Waals surface area contributed by atoms with Gasteiger partial charge in [0.2, 0.25) is 5.91 Å². The van der Waals surface area contributed by atoms with Crippen LogP contribution in [0.15, 0.2) is 84.7 Å². The first-order chi connectivity index (χ1) is 19.6. The summed E-state index contributed by atoms with van der Waals surface area (Å²) in [5, 5.41) is 3.65. The number of aromatic nitrogens is 1. The quantitative estimate of drug-likeness (QED) is 0.460. The Bertz CT molecular complexity index is 1490. The minimum atomic E-state index is -0.196. The van der Waals surface area contributed by atoms with Gasteiger partial charge in [-0.05, 0) is 29.3 Å². The molecule has 1 N–H and O–H groups in total. The van der Waals surface area contributed by atoms with Gasteiger partial charge >= 0.3 is 0 Å². The van der Waals surface area contributed by atoms with E-state index < -0.39 is 0 Å². The van der Waals surface area contributed by atoms with E-state index in [1.807, 2.05) is 48.5 Å². The normalized spacial score (nSPS) is 16.8. The number of nitrogens with one attached hydrogen (secondary N) is 1. The second-order valence-electron chi connectivity index (χ2n) is 10.4. The van der Waals surface area contributed by atoms with Gasteiger partial charge in [0.1, 0.15) is 0 Å². The van der Waals surface area contributed by atoms with Crippen molar-refractivity contribution < 1.29 is 9.59 Å². The highest BCUT2D eigenvalue weighted by molar-refractivity contribution is 6.31. The molecule has 1 fully saturated rings. The molecule has 40 heavy (non-hydrogen) atoms. The fourth-order valence-electron chi connectivity index (χ4n) is 5.62. The number of nitrogens with zero attached hydrogens (tertiary/aromatic N) is 4. The van der Waals surface area contributed by atoms with Gasteiger partial charge in [-0.15, -0.1) is 0 Å². The number of carbonyl (C=O) groups excluding carboxylic acids is 2. The van der Waals surface area contributed by atoms with Crippen LogP contribution in [0.3, 0.4) is 0 Å². The smallest absolute Gasteiger partial charge is 0.252 e. The zero-order valence-electron chi connectivity index (χ0n) is 22.4. The number of carbonyl (C=O) groups is 2. The zero-order chi connectivity index (χ0) is 27.5. The fraction of sp³-hybridized carbons (Fsp3) is 0.281. The average Bonchev–Trinajstić information content (AvgIpc) is 3.49. The van der Waals surface area contributed by atoms with Crippen molar-refractivity contribution in [2.24, 2.45) is 0 Å².